The third-order valence-corrected chi connectivity index (χ3v) is 3.36. The predicted molar refractivity (Wildman–Crippen MR) is 54.1 cm³/mol. The van der Waals surface area contributed by atoms with Gasteiger partial charge in [0, 0.05) is 4.83 Å². The summed E-state index contributed by atoms with van der Waals surface area (Å²) in [6.07, 6.45) is 7.16. The summed E-state index contributed by atoms with van der Waals surface area (Å²) in [6, 6.07) is 0. The molecule has 1 heteroatoms. The third-order valence-electron chi connectivity index (χ3n) is 2.52. The Hall–Kier alpha value is 0.480. The molecule has 0 aromatic rings. The summed E-state index contributed by atoms with van der Waals surface area (Å²) in [5, 5.41) is 0. The SMILES string of the molecule is CC(C)C[C@H]1CCCC(Br)C1. The highest BCUT2D eigenvalue weighted by Gasteiger charge is 2.20. The molecule has 11 heavy (non-hydrogen) atoms. The second kappa shape index (κ2) is 4.49. The lowest BCUT2D eigenvalue weighted by Crippen LogP contribution is -2.16. The van der Waals surface area contributed by atoms with E-state index in [9.17, 15) is 0 Å². The lowest BCUT2D eigenvalue weighted by atomic mass is 9.84. The van der Waals surface area contributed by atoms with Crippen molar-refractivity contribution in [2.24, 2.45) is 11.8 Å². The summed E-state index contributed by atoms with van der Waals surface area (Å²) in [6.45, 7) is 4.66. The van der Waals surface area contributed by atoms with Gasteiger partial charge < -0.3 is 0 Å². The average Bonchev–Trinajstić information content (AvgIpc) is 1.85. The Morgan fingerprint density at radius 1 is 1.36 bits per heavy atom. The standard InChI is InChI=1S/C10H19Br/c1-8(2)6-9-4-3-5-10(11)7-9/h8-10H,3-7H2,1-2H3/t9-,10?/m1/s1. The van der Waals surface area contributed by atoms with Crippen LogP contribution in [0.2, 0.25) is 0 Å². The van der Waals surface area contributed by atoms with Crippen LogP contribution in [0.25, 0.3) is 0 Å². The Kier molecular flexibility index (Phi) is 3.91. The van der Waals surface area contributed by atoms with Crippen molar-refractivity contribution >= 4 is 15.9 Å². The molecule has 1 saturated carbocycles. The maximum absolute atomic E-state index is 3.72. The molecule has 1 unspecified atom stereocenters. The number of alkyl halides is 1. The van der Waals surface area contributed by atoms with E-state index in [-0.39, 0.29) is 0 Å². The lowest BCUT2D eigenvalue weighted by molar-refractivity contribution is 0.313. The van der Waals surface area contributed by atoms with Crippen molar-refractivity contribution in [2.75, 3.05) is 0 Å². The van der Waals surface area contributed by atoms with Crippen LogP contribution >= 0.6 is 15.9 Å². The van der Waals surface area contributed by atoms with Crippen LogP contribution in [0.1, 0.15) is 46.0 Å². The minimum atomic E-state index is 0.819. The molecule has 0 aromatic heterocycles. The van der Waals surface area contributed by atoms with Crippen LogP contribution in [-0.4, -0.2) is 4.83 Å². The molecule has 1 aliphatic carbocycles. The topological polar surface area (TPSA) is 0 Å². The Bertz CT molecular complexity index is 107. The largest absolute Gasteiger partial charge is 0.0891 e. The molecule has 1 fully saturated rings. The lowest BCUT2D eigenvalue weighted by Gasteiger charge is -2.26. The van der Waals surface area contributed by atoms with Crippen LogP contribution in [0.4, 0.5) is 0 Å². The van der Waals surface area contributed by atoms with Crippen molar-refractivity contribution in [3.8, 4) is 0 Å². The fraction of sp³-hybridized carbons (Fsp3) is 1.00. The van der Waals surface area contributed by atoms with Crippen molar-refractivity contribution in [3.63, 3.8) is 0 Å². The Morgan fingerprint density at radius 3 is 2.64 bits per heavy atom. The van der Waals surface area contributed by atoms with Crippen LogP contribution in [-0.2, 0) is 0 Å². The van der Waals surface area contributed by atoms with Crippen molar-refractivity contribution in [1.82, 2.24) is 0 Å². The first-order chi connectivity index (χ1) is 5.18. The number of hydrogen-bond donors (Lipinski definition) is 0. The first kappa shape index (κ1) is 9.57. The zero-order chi connectivity index (χ0) is 8.27. The molecule has 0 N–H and O–H groups in total. The molecule has 0 bridgehead atoms. The van der Waals surface area contributed by atoms with Crippen molar-refractivity contribution in [1.29, 1.82) is 0 Å². The molecular formula is C10H19Br. The second-order valence-corrected chi connectivity index (χ2v) is 5.55. The fourth-order valence-corrected chi connectivity index (χ4v) is 2.96. The van der Waals surface area contributed by atoms with Gasteiger partial charge in [0.05, 0.1) is 0 Å². The van der Waals surface area contributed by atoms with Gasteiger partial charge in [0.25, 0.3) is 0 Å². The van der Waals surface area contributed by atoms with Gasteiger partial charge in [-0.25, -0.2) is 0 Å². The van der Waals surface area contributed by atoms with E-state index in [1.54, 1.807) is 0 Å². The van der Waals surface area contributed by atoms with Gasteiger partial charge in [0.15, 0.2) is 0 Å². The highest BCUT2D eigenvalue weighted by Crippen LogP contribution is 2.32. The first-order valence-electron chi connectivity index (χ1n) is 4.82. The number of halogens is 1. The average molecular weight is 219 g/mol. The van der Waals surface area contributed by atoms with E-state index in [4.69, 9.17) is 0 Å². The van der Waals surface area contributed by atoms with E-state index in [2.05, 4.69) is 29.8 Å². The Morgan fingerprint density at radius 2 is 2.09 bits per heavy atom. The summed E-state index contributed by atoms with van der Waals surface area (Å²) in [5.41, 5.74) is 0. The van der Waals surface area contributed by atoms with E-state index in [1.807, 2.05) is 0 Å². The van der Waals surface area contributed by atoms with Crippen molar-refractivity contribution in [3.05, 3.63) is 0 Å². The van der Waals surface area contributed by atoms with Gasteiger partial charge in [-0.3, -0.25) is 0 Å². The van der Waals surface area contributed by atoms with Crippen molar-refractivity contribution < 1.29 is 0 Å². The summed E-state index contributed by atoms with van der Waals surface area (Å²) in [7, 11) is 0. The Labute approximate surface area is 78.9 Å². The monoisotopic (exact) mass is 218 g/mol. The summed E-state index contributed by atoms with van der Waals surface area (Å²) >= 11 is 3.72. The minimum absolute atomic E-state index is 0.819. The normalized spacial score (nSPS) is 32.7. The van der Waals surface area contributed by atoms with Crippen molar-refractivity contribution in [2.45, 2.75) is 50.8 Å². The van der Waals surface area contributed by atoms with Crippen LogP contribution in [0, 0.1) is 11.8 Å². The van der Waals surface area contributed by atoms with Crippen LogP contribution < -0.4 is 0 Å². The molecule has 0 heterocycles. The second-order valence-electron chi connectivity index (χ2n) is 4.26. The minimum Gasteiger partial charge on any atom is -0.0891 e. The smallest absolute Gasteiger partial charge is 0.0148 e. The molecule has 0 saturated heterocycles. The molecule has 0 aromatic carbocycles. The fourth-order valence-electron chi connectivity index (χ4n) is 2.11. The van der Waals surface area contributed by atoms with E-state index in [1.165, 1.54) is 32.1 Å². The van der Waals surface area contributed by atoms with Gasteiger partial charge in [0.2, 0.25) is 0 Å². The van der Waals surface area contributed by atoms with E-state index < -0.39 is 0 Å². The van der Waals surface area contributed by atoms with Crippen LogP contribution in [0.3, 0.4) is 0 Å². The van der Waals surface area contributed by atoms with Gasteiger partial charge in [-0.2, -0.15) is 0 Å². The van der Waals surface area contributed by atoms with Crippen LogP contribution in [0.5, 0.6) is 0 Å². The van der Waals surface area contributed by atoms with Gasteiger partial charge in [-0.15, -0.1) is 0 Å². The molecule has 1 aliphatic rings. The molecule has 0 nitrogen and oxygen atoms in total. The highest BCUT2D eigenvalue weighted by molar-refractivity contribution is 9.09. The van der Waals surface area contributed by atoms with E-state index in [0.29, 0.717) is 0 Å². The molecule has 0 radical (unpaired) electrons. The van der Waals surface area contributed by atoms with Crippen LogP contribution in [0.15, 0.2) is 0 Å². The highest BCUT2D eigenvalue weighted by atomic mass is 79.9. The molecule has 0 amide bonds. The third kappa shape index (κ3) is 3.59. The summed E-state index contributed by atoms with van der Waals surface area (Å²) in [5.74, 6) is 1.89. The molecule has 0 spiro atoms. The molecule has 1 rings (SSSR count). The van der Waals surface area contributed by atoms with E-state index >= 15 is 0 Å². The molecular weight excluding hydrogens is 200 g/mol. The maximum atomic E-state index is 3.72. The molecule has 2 atom stereocenters. The zero-order valence-electron chi connectivity index (χ0n) is 7.65. The van der Waals surface area contributed by atoms with Gasteiger partial charge >= 0.3 is 0 Å². The zero-order valence-corrected chi connectivity index (χ0v) is 9.23. The molecule has 0 aliphatic heterocycles. The quantitative estimate of drug-likeness (QED) is 0.616. The Balaban J connectivity index is 2.23. The van der Waals surface area contributed by atoms with Gasteiger partial charge in [-0.05, 0) is 31.1 Å². The number of hydrogen-bond acceptors (Lipinski definition) is 0. The first-order valence-corrected chi connectivity index (χ1v) is 5.74. The maximum Gasteiger partial charge on any atom is 0.0148 e. The molecule has 66 valence electrons. The van der Waals surface area contributed by atoms with Gasteiger partial charge in [0.1, 0.15) is 0 Å². The predicted octanol–water partition coefficient (Wildman–Crippen LogP) is 3.99. The van der Waals surface area contributed by atoms with E-state index in [0.717, 1.165) is 16.7 Å². The number of rotatable bonds is 2. The van der Waals surface area contributed by atoms with Gasteiger partial charge in [-0.1, -0.05) is 42.6 Å². The summed E-state index contributed by atoms with van der Waals surface area (Å²) in [4.78, 5) is 0.819. The summed E-state index contributed by atoms with van der Waals surface area (Å²) < 4.78 is 0.